The van der Waals surface area contributed by atoms with E-state index in [4.69, 9.17) is 4.74 Å². The van der Waals surface area contributed by atoms with Crippen LogP contribution in [0.5, 0.6) is 5.75 Å². The second-order valence-electron chi connectivity index (χ2n) is 5.28. The van der Waals surface area contributed by atoms with Crippen LogP contribution in [0, 0.1) is 11.2 Å². The molecule has 1 N–H and O–H groups in total. The molecule has 0 atom stereocenters. The zero-order valence-corrected chi connectivity index (χ0v) is 11.1. The van der Waals surface area contributed by atoms with Gasteiger partial charge in [-0.25, -0.2) is 4.39 Å². The number of carboxylic acid groups (broad SMARTS) is 1. The van der Waals surface area contributed by atoms with Crippen molar-refractivity contribution >= 4 is 5.97 Å². The summed E-state index contributed by atoms with van der Waals surface area (Å²) in [4.78, 5) is 11.6. The summed E-state index contributed by atoms with van der Waals surface area (Å²) in [5.41, 5.74) is -0.119. The Morgan fingerprint density at radius 1 is 1.37 bits per heavy atom. The van der Waals surface area contributed by atoms with Crippen molar-refractivity contribution in [1.82, 2.24) is 0 Å². The number of hydrogen-bond donors (Lipinski definition) is 1. The van der Waals surface area contributed by atoms with Crippen molar-refractivity contribution in [2.75, 3.05) is 7.11 Å². The molecule has 0 saturated heterocycles. The maximum Gasteiger partial charge on any atom is 0.309 e. The van der Waals surface area contributed by atoms with Crippen LogP contribution in [0.2, 0.25) is 0 Å². The number of methoxy groups -OCH3 is 1. The molecular weight excluding hydrogens is 247 g/mol. The molecule has 19 heavy (non-hydrogen) atoms. The predicted molar refractivity (Wildman–Crippen MR) is 69.8 cm³/mol. The summed E-state index contributed by atoms with van der Waals surface area (Å²) < 4.78 is 18.6. The Morgan fingerprint density at radius 3 is 2.63 bits per heavy atom. The Labute approximate surface area is 112 Å². The zero-order valence-electron chi connectivity index (χ0n) is 11.1. The maximum atomic E-state index is 13.4. The lowest BCUT2D eigenvalue weighted by molar-refractivity contribution is -0.151. The molecule has 1 fully saturated rings. The van der Waals surface area contributed by atoms with E-state index in [-0.39, 0.29) is 5.82 Å². The molecule has 0 spiro atoms. The van der Waals surface area contributed by atoms with E-state index in [1.807, 2.05) is 0 Å². The Balaban J connectivity index is 2.31. The van der Waals surface area contributed by atoms with Crippen LogP contribution in [-0.4, -0.2) is 18.2 Å². The molecule has 0 aromatic heterocycles. The van der Waals surface area contributed by atoms with E-state index in [2.05, 4.69) is 0 Å². The molecule has 1 aliphatic carbocycles. The summed E-state index contributed by atoms with van der Waals surface area (Å²) in [5, 5.41) is 9.55. The van der Waals surface area contributed by atoms with Crippen LogP contribution in [0.25, 0.3) is 0 Å². The highest BCUT2D eigenvalue weighted by atomic mass is 19.1. The van der Waals surface area contributed by atoms with Gasteiger partial charge in [-0.15, -0.1) is 0 Å². The Kier molecular flexibility index (Phi) is 4.08. The first-order valence-electron chi connectivity index (χ1n) is 6.63. The van der Waals surface area contributed by atoms with Gasteiger partial charge in [-0.2, -0.15) is 0 Å². The second-order valence-corrected chi connectivity index (χ2v) is 5.28. The van der Waals surface area contributed by atoms with Gasteiger partial charge in [-0.3, -0.25) is 4.79 Å². The largest absolute Gasteiger partial charge is 0.496 e. The van der Waals surface area contributed by atoms with Crippen LogP contribution in [0.1, 0.15) is 37.7 Å². The third kappa shape index (κ3) is 2.88. The molecule has 0 amide bonds. The fraction of sp³-hybridized carbons (Fsp3) is 0.533. The molecule has 0 radical (unpaired) electrons. The van der Waals surface area contributed by atoms with Crippen molar-refractivity contribution in [1.29, 1.82) is 0 Å². The molecule has 1 aromatic carbocycles. The van der Waals surface area contributed by atoms with Gasteiger partial charge in [0, 0.05) is 0 Å². The van der Waals surface area contributed by atoms with Crippen molar-refractivity contribution in [3.63, 3.8) is 0 Å². The van der Waals surface area contributed by atoms with Crippen molar-refractivity contribution in [2.45, 2.75) is 38.5 Å². The minimum Gasteiger partial charge on any atom is -0.496 e. The lowest BCUT2D eigenvalue weighted by atomic mass is 9.70. The summed E-state index contributed by atoms with van der Waals surface area (Å²) in [5.74, 6) is -0.571. The van der Waals surface area contributed by atoms with E-state index in [9.17, 15) is 14.3 Å². The van der Waals surface area contributed by atoms with Gasteiger partial charge in [0.05, 0.1) is 12.5 Å². The summed E-state index contributed by atoms with van der Waals surface area (Å²) in [6, 6.07) is 4.28. The lowest BCUT2D eigenvalue weighted by Crippen LogP contribution is -2.35. The number of ether oxygens (including phenoxy) is 1. The first-order chi connectivity index (χ1) is 9.07. The highest BCUT2D eigenvalue weighted by molar-refractivity contribution is 5.75. The van der Waals surface area contributed by atoms with Crippen molar-refractivity contribution < 1.29 is 19.0 Å². The highest BCUT2D eigenvalue weighted by Gasteiger charge is 2.40. The number of carbonyl (C=O) groups is 1. The lowest BCUT2D eigenvalue weighted by Gasteiger charge is -2.33. The minimum absolute atomic E-state index is 0.337. The van der Waals surface area contributed by atoms with Crippen LogP contribution in [0.4, 0.5) is 4.39 Å². The van der Waals surface area contributed by atoms with E-state index in [1.165, 1.54) is 19.2 Å². The van der Waals surface area contributed by atoms with Crippen molar-refractivity contribution in [2.24, 2.45) is 5.41 Å². The van der Waals surface area contributed by atoms with Gasteiger partial charge in [0.15, 0.2) is 0 Å². The van der Waals surface area contributed by atoms with E-state index in [0.29, 0.717) is 30.6 Å². The quantitative estimate of drug-likeness (QED) is 0.908. The molecule has 1 aromatic rings. The van der Waals surface area contributed by atoms with Crippen LogP contribution >= 0.6 is 0 Å². The van der Waals surface area contributed by atoms with Crippen LogP contribution < -0.4 is 4.74 Å². The first kappa shape index (κ1) is 13.8. The van der Waals surface area contributed by atoms with Crippen LogP contribution in [0.3, 0.4) is 0 Å². The molecule has 4 heteroatoms. The summed E-state index contributed by atoms with van der Waals surface area (Å²) in [6.45, 7) is 0. The Bertz CT molecular complexity index is 464. The van der Waals surface area contributed by atoms with Gasteiger partial charge in [0.25, 0.3) is 0 Å². The molecule has 0 aliphatic heterocycles. The summed E-state index contributed by atoms with van der Waals surface area (Å²) in [6.07, 6.45) is 4.57. The van der Waals surface area contributed by atoms with Crippen LogP contribution in [-0.2, 0) is 11.2 Å². The fourth-order valence-electron chi connectivity index (χ4n) is 2.94. The molecule has 0 heterocycles. The first-order valence-corrected chi connectivity index (χ1v) is 6.63. The van der Waals surface area contributed by atoms with E-state index in [0.717, 1.165) is 19.3 Å². The summed E-state index contributed by atoms with van der Waals surface area (Å²) in [7, 11) is 1.52. The average Bonchev–Trinajstić information content (AvgIpc) is 2.40. The van der Waals surface area contributed by atoms with Gasteiger partial charge in [0.2, 0.25) is 0 Å². The van der Waals surface area contributed by atoms with Crippen molar-refractivity contribution in [3.05, 3.63) is 29.6 Å². The smallest absolute Gasteiger partial charge is 0.309 e. The number of hydrogen-bond acceptors (Lipinski definition) is 2. The molecule has 0 bridgehead atoms. The SMILES string of the molecule is COc1ccc(F)cc1CC1(C(=O)O)CCCCC1. The second kappa shape index (κ2) is 5.59. The maximum absolute atomic E-state index is 13.4. The van der Waals surface area contributed by atoms with E-state index >= 15 is 0 Å². The molecule has 1 saturated carbocycles. The molecule has 104 valence electrons. The van der Waals surface area contributed by atoms with E-state index < -0.39 is 11.4 Å². The third-order valence-corrected chi connectivity index (χ3v) is 4.04. The molecular formula is C15H19FO3. The summed E-state index contributed by atoms with van der Waals surface area (Å²) >= 11 is 0. The van der Waals surface area contributed by atoms with Gasteiger partial charge in [0.1, 0.15) is 11.6 Å². The molecule has 2 rings (SSSR count). The van der Waals surface area contributed by atoms with Gasteiger partial charge >= 0.3 is 5.97 Å². The van der Waals surface area contributed by atoms with Crippen molar-refractivity contribution in [3.8, 4) is 5.75 Å². The predicted octanol–water partition coefficient (Wildman–Crippen LogP) is 3.41. The molecule has 1 aliphatic rings. The molecule has 0 unspecified atom stereocenters. The van der Waals surface area contributed by atoms with Gasteiger partial charge in [-0.05, 0) is 43.0 Å². The molecule has 3 nitrogen and oxygen atoms in total. The number of rotatable bonds is 4. The minimum atomic E-state index is -0.779. The van der Waals surface area contributed by atoms with Crippen LogP contribution in [0.15, 0.2) is 18.2 Å². The third-order valence-electron chi connectivity index (χ3n) is 4.04. The standard InChI is InChI=1S/C15H19FO3/c1-19-13-6-5-12(16)9-11(13)10-15(14(17)18)7-3-2-4-8-15/h5-6,9H,2-4,7-8,10H2,1H3,(H,17,18). The normalized spacial score (nSPS) is 18.0. The number of aliphatic carboxylic acids is 1. The number of carboxylic acids is 1. The fourth-order valence-corrected chi connectivity index (χ4v) is 2.94. The van der Waals surface area contributed by atoms with E-state index in [1.54, 1.807) is 6.07 Å². The highest BCUT2D eigenvalue weighted by Crippen LogP contribution is 2.41. The number of halogens is 1. The van der Waals surface area contributed by atoms with Gasteiger partial charge < -0.3 is 9.84 Å². The Hall–Kier alpha value is -1.58. The van der Waals surface area contributed by atoms with Gasteiger partial charge in [-0.1, -0.05) is 19.3 Å². The zero-order chi connectivity index (χ0) is 13.9. The topological polar surface area (TPSA) is 46.5 Å². The average molecular weight is 266 g/mol. The number of benzene rings is 1. The monoisotopic (exact) mass is 266 g/mol. The Morgan fingerprint density at radius 2 is 2.05 bits per heavy atom.